The van der Waals surface area contributed by atoms with Gasteiger partial charge in [-0.1, -0.05) is 18.2 Å². The second-order valence-corrected chi connectivity index (χ2v) is 4.73. The summed E-state index contributed by atoms with van der Waals surface area (Å²) in [5, 5.41) is 9.95. The molecule has 0 saturated carbocycles. The third-order valence-electron chi connectivity index (χ3n) is 3.10. The third kappa shape index (κ3) is 3.74. The van der Waals surface area contributed by atoms with Gasteiger partial charge in [-0.2, -0.15) is 0 Å². The van der Waals surface area contributed by atoms with Gasteiger partial charge >= 0.3 is 0 Å². The molecule has 0 bridgehead atoms. The van der Waals surface area contributed by atoms with Crippen LogP contribution in [0.4, 0.5) is 0 Å². The van der Waals surface area contributed by atoms with Crippen LogP contribution in [0.1, 0.15) is 24.2 Å². The lowest BCUT2D eigenvalue weighted by Crippen LogP contribution is -2.00. The van der Waals surface area contributed by atoms with E-state index in [1.165, 1.54) is 0 Å². The Morgan fingerprint density at radius 2 is 1.76 bits per heavy atom. The Hall–Kier alpha value is -2.04. The molecule has 4 nitrogen and oxygen atoms in total. The van der Waals surface area contributed by atoms with Crippen LogP contribution in [0.25, 0.3) is 0 Å². The molecule has 2 rings (SSSR count). The highest BCUT2D eigenvalue weighted by Crippen LogP contribution is 2.36. The number of hydrogen-bond acceptors (Lipinski definition) is 4. The van der Waals surface area contributed by atoms with Gasteiger partial charge in [-0.3, -0.25) is 0 Å². The Balaban J connectivity index is 2.33. The average molecular weight is 288 g/mol. The number of rotatable bonds is 6. The van der Waals surface area contributed by atoms with Crippen molar-refractivity contribution in [2.24, 2.45) is 0 Å². The molecule has 0 unspecified atom stereocenters. The molecule has 4 heteroatoms. The monoisotopic (exact) mass is 288 g/mol. The molecule has 0 aliphatic heterocycles. The van der Waals surface area contributed by atoms with Gasteiger partial charge in [0, 0.05) is 7.11 Å². The van der Waals surface area contributed by atoms with E-state index >= 15 is 0 Å². The van der Waals surface area contributed by atoms with Gasteiger partial charge in [-0.05, 0) is 36.8 Å². The zero-order valence-electron chi connectivity index (χ0n) is 12.5. The maximum Gasteiger partial charge on any atom is 0.136 e. The first-order valence-electron chi connectivity index (χ1n) is 6.76. The normalized spacial score (nSPS) is 12.0. The fourth-order valence-electron chi connectivity index (χ4n) is 2.20. The van der Waals surface area contributed by atoms with E-state index in [0.717, 1.165) is 5.56 Å². The summed E-state index contributed by atoms with van der Waals surface area (Å²) in [7, 11) is 3.23. The van der Waals surface area contributed by atoms with E-state index in [-0.39, 0.29) is 0 Å². The third-order valence-corrected chi connectivity index (χ3v) is 3.10. The number of benzene rings is 2. The summed E-state index contributed by atoms with van der Waals surface area (Å²) in [6.07, 6.45) is -0.682. The molecule has 2 aromatic carbocycles. The van der Waals surface area contributed by atoms with Gasteiger partial charge in [0.05, 0.1) is 25.4 Å². The van der Waals surface area contributed by atoms with Gasteiger partial charge in [0.1, 0.15) is 17.2 Å². The number of ether oxygens (including phenoxy) is 3. The first-order chi connectivity index (χ1) is 10.2. The van der Waals surface area contributed by atoms with E-state index in [1.807, 2.05) is 36.4 Å². The molecule has 112 valence electrons. The van der Waals surface area contributed by atoms with E-state index in [4.69, 9.17) is 14.2 Å². The van der Waals surface area contributed by atoms with Crippen LogP contribution in [0.15, 0.2) is 42.5 Å². The summed E-state index contributed by atoms with van der Waals surface area (Å²) in [4.78, 5) is 0. The van der Waals surface area contributed by atoms with Crippen LogP contribution in [-0.4, -0.2) is 19.3 Å². The average Bonchev–Trinajstić information content (AvgIpc) is 2.47. The molecule has 0 aliphatic carbocycles. The molecule has 0 amide bonds. The molecular formula is C17H20O4. The lowest BCUT2D eigenvalue weighted by Gasteiger charge is -2.16. The molecule has 1 atom stereocenters. The predicted molar refractivity (Wildman–Crippen MR) is 80.9 cm³/mol. The SMILES string of the molecule is COCc1cccc(Oc2cccc(OC)c2[C@@H](C)O)c1. The fraction of sp³-hybridized carbons (Fsp3) is 0.294. The molecular weight excluding hydrogens is 268 g/mol. The van der Waals surface area contributed by atoms with Gasteiger partial charge in [-0.25, -0.2) is 0 Å². The van der Waals surface area contributed by atoms with Crippen molar-refractivity contribution in [1.82, 2.24) is 0 Å². The van der Waals surface area contributed by atoms with Crippen molar-refractivity contribution in [1.29, 1.82) is 0 Å². The molecule has 0 saturated heterocycles. The second-order valence-electron chi connectivity index (χ2n) is 4.73. The van der Waals surface area contributed by atoms with Crippen LogP contribution in [0.3, 0.4) is 0 Å². The van der Waals surface area contributed by atoms with Crippen LogP contribution in [-0.2, 0) is 11.3 Å². The van der Waals surface area contributed by atoms with E-state index in [1.54, 1.807) is 27.2 Å². The van der Waals surface area contributed by atoms with Crippen molar-refractivity contribution in [3.63, 3.8) is 0 Å². The second kappa shape index (κ2) is 7.11. The number of hydrogen-bond donors (Lipinski definition) is 1. The molecule has 0 radical (unpaired) electrons. The summed E-state index contributed by atoms with van der Waals surface area (Å²) >= 11 is 0. The molecule has 0 aliphatic rings. The van der Waals surface area contributed by atoms with Gasteiger partial charge < -0.3 is 19.3 Å². The highest BCUT2D eigenvalue weighted by Gasteiger charge is 2.15. The van der Waals surface area contributed by atoms with Crippen LogP contribution in [0.2, 0.25) is 0 Å². The van der Waals surface area contributed by atoms with Gasteiger partial charge in [0.25, 0.3) is 0 Å². The highest BCUT2D eigenvalue weighted by atomic mass is 16.5. The van der Waals surface area contributed by atoms with Crippen molar-refractivity contribution >= 4 is 0 Å². The van der Waals surface area contributed by atoms with Gasteiger partial charge in [0.15, 0.2) is 0 Å². The minimum Gasteiger partial charge on any atom is -0.496 e. The molecule has 0 heterocycles. The summed E-state index contributed by atoms with van der Waals surface area (Å²) in [5.41, 5.74) is 1.66. The van der Waals surface area contributed by atoms with E-state index < -0.39 is 6.10 Å². The van der Waals surface area contributed by atoms with Crippen molar-refractivity contribution < 1.29 is 19.3 Å². The Morgan fingerprint density at radius 1 is 1.05 bits per heavy atom. The smallest absolute Gasteiger partial charge is 0.136 e. The Morgan fingerprint density at radius 3 is 2.43 bits per heavy atom. The van der Waals surface area contributed by atoms with Crippen molar-refractivity contribution in [3.05, 3.63) is 53.6 Å². The molecule has 0 fully saturated rings. The maximum absolute atomic E-state index is 9.95. The van der Waals surface area contributed by atoms with Crippen molar-refractivity contribution in [2.45, 2.75) is 19.6 Å². The van der Waals surface area contributed by atoms with Crippen LogP contribution >= 0.6 is 0 Å². The number of methoxy groups -OCH3 is 2. The summed E-state index contributed by atoms with van der Waals surface area (Å²) in [6.45, 7) is 2.21. The molecule has 1 N–H and O–H groups in total. The maximum atomic E-state index is 9.95. The molecule has 0 spiro atoms. The Kier molecular flexibility index (Phi) is 5.20. The minimum atomic E-state index is -0.682. The molecule has 0 aromatic heterocycles. The van der Waals surface area contributed by atoms with E-state index in [2.05, 4.69) is 0 Å². The summed E-state index contributed by atoms with van der Waals surface area (Å²) in [5.74, 6) is 1.88. The van der Waals surface area contributed by atoms with Crippen LogP contribution < -0.4 is 9.47 Å². The highest BCUT2D eigenvalue weighted by molar-refractivity contribution is 5.48. The lowest BCUT2D eigenvalue weighted by atomic mass is 10.1. The zero-order valence-corrected chi connectivity index (χ0v) is 12.5. The van der Waals surface area contributed by atoms with Crippen LogP contribution in [0, 0.1) is 0 Å². The fourth-order valence-corrected chi connectivity index (χ4v) is 2.20. The largest absolute Gasteiger partial charge is 0.496 e. The first kappa shape index (κ1) is 15.4. The molecule has 21 heavy (non-hydrogen) atoms. The van der Waals surface area contributed by atoms with Crippen molar-refractivity contribution in [3.8, 4) is 17.2 Å². The lowest BCUT2D eigenvalue weighted by molar-refractivity contribution is 0.184. The standard InChI is InChI=1S/C17H20O4/c1-12(18)17-15(20-3)8-5-9-16(17)21-14-7-4-6-13(10-14)11-19-2/h4-10,12,18H,11H2,1-3H3/t12-/m1/s1. The zero-order chi connectivity index (χ0) is 15.2. The minimum absolute atomic E-state index is 0.526. The topological polar surface area (TPSA) is 47.9 Å². The number of aliphatic hydroxyl groups excluding tert-OH is 1. The summed E-state index contributed by atoms with van der Waals surface area (Å²) in [6, 6.07) is 13.1. The quantitative estimate of drug-likeness (QED) is 0.880. The van der Waals surface area contributed by atoms with E-state index in [0.29, 0.717) is 29.4 Å². The Bertz CT molecular complexity index is 593. The number of aliphatic hydroxyl groups is 1. The Labute approximate surface area is 124 Å². The molecule has 2 aromatic rings. The summed E-state index contributed by atoms with van der Waals surface area (Å²) < 4.78 is 16.3. The van der Waals surface area contributed by atoms with Crippen molar-refractivity contribution in [2.75, 3.05) is 14.2 Å². The van der Waals surface area contributed by atoms with E-state index in [9.17, 15) is 5.11 Å². The van der Waals surface area contributed by atoms with Crippen LogP contribution in [0.5, 0.6) is 17.2 Å². The first-order valence-corrected chi connectivity index (χ1v) is 6.76. The van der Waals surface area contributed by atoms with Gasteiger partial charge in [-0.15, -0.1) is 0 Å². The van der Waals surface area contributed by atoms with Gasteiger partial charge in [0.2, 0.25) is 0 Å². The predicted octanol–water partition coefficient (Wildman–Crippen LogP) is 3.69.